The molecule has 0 fully saturated rings. The van der Waals surface area contributed by atoms with Gasteiger partial charge in [-0.3, -0.25) is 0 Å². The van der Waals surface area contributed by atoms with Crippen LogP contribution in [0.1, 0.15) is 11.4 Å². The minimum Gasteiger partial charge on any atom is -0.493 e. The second-order valence-corrected chi connectivity index (χ2v) is 4.86. The summed E-state index contributed by atoms with van der Waals surface area (Å²) >= 11 is 0. The number of methoxy groups -OCH3 is 1. The zero-order valence-electron chi connectivity index (χ0n) is 13.2. The summed E-state index contributed by atoms with van der Waals surface area (Å²) in [5.41, 5.74) is 0.672. The summed E-state index contributed by atoms with van der Waals surface area (Å²) in [4.78, 5) is 14.7. The Morgan fingerprint density at radius 1 is 1.32 bits per heavy atom. The van der Waals surface area contributed by atoms with Gasteiger partial charge < -0.3 is 23.5 Å². The van der Waals surface area contributed by atoms with Gasteiger partial charge >= 0.3 is 5.97 Å². The molecular formula is C17H14N2O6. The third kappa shape index (κ3) is 4.05. The fourth-order valence-corrected chi connectivity index (χ4v) is 2.03. The van der Waals surface area contributed by atoms with Crippen molar-refractivity contribution in [1.82, 2.24) is 10.1 Å². The van der Waals surface area contributed by atoms with Gasteiger partial charge in [-0.1, -0.05) is 11.2 Å². The quantitative estimate of drug-likeness (QED) is 0.653. The molecule has 0 saturated carbocycles. The summed E-state index contributed by atoms with van der Waals surface area (Å²) in [5, 5.41) is 12.5. The van der Waals surface area contributed by atoms with Crippen molar-refractivity contribution < 1.29 is 28.3 Å². The lowest BCUT2D eigenvalue weighted by molar-refractivity contribution is -0.131. The lowest BCUT2D eigenvalue weighted by atomic mass is 10.2. The maximum absolute atomic E-state index is 10.6. The number of carbonyl (C=O) groups is 1. The van der Waals surface area contributed by atoms with Crippen molar-refractivity contribution in [3.63, 3.8) is 0 Å². The van der Waals surface area contributed by atoms with Crippen LogP contribution in [-0.2, 0) is 11.4 Å². The molecule has 2 heterocycles. The highest BCUT2D eigenvalue weighted by molar-refractivity contribution is 5.85. The molecular weight excluding hydrogens is 328 g/mol. The molecule has 0 aliphatic rings. The molecule has 2 aromatic heterocycles. The molecule has 8 heteroatoms. The van der Waals surface area contributed by atoms with Crippen LogP contribution < -0.4 is 9.47 Å². The third-order valence-corrected chi connectivity index (χ3v) is 3.16. The van der Waals surface area contributed by atoms with Crippen LogP contribution in [0, 0.1) is 0 Å². The highest BCUT2D eigenvalue weighted by atomic mass is 16.5. The van der Waals surface area contributed by atoms with E-state index < -0.39 is 5.97 Å². The van der Waals surface area contributed by atoms with Crippen LogP contribution in [0.15, 0.2) is 51.6 Å². The van der Waals surface area contributed by atoms with E-state index in [2.05, 4.69) is 10.1 Å². The van der Waals surface area contributed by atoms with Gasteiger partial charge in [0.25, 0.3) is 5.89 Å². The van der Waals surface area contributed by atoms with E-state index in [1.807, 2.05) is 0 Å². The van der Waals surface area contributed by atoms with Crippen LogP contribution >= 0.6 is 0 Å². The van der Waals surface area contributed by atoms with Gasteiger partial charge in [-0.05, 0) is 35.9 Å². The molecule has 0 saturated heterocycles. The summed E-state index contributed by atoms with van der Waals surface area (Å²) in [6.45, 7) is 0.0743. The number of carboxylic acid groups (broad SMARTS) is 1. The van der Waals surface area contributed by atoms with Gasteiger partial charge in [0.05, 0.1) is 13.4 Å². The van der Waals surface area contributed by atoms with Crippen LogP contribution in [0.4, 0.5) is 0 Å². The predicted molar refractivity (Wildman–Crippen MR) is 86.0 cm³/mol. The molecule has 0 amide bonds. The second kappa shape index (κ2) is 7.35. The first-order valence-corrected chi connectivity index (χ1v) is 7.24. The fourth-order valence-electron chi connectivity index (χ4n) is 2.03. The highest BCUT2D eigenvalue weighted by Gasteiger charge is 2.12. The minimum atomic E-state index is -1.02. The van der Waals surface area contributed by atoms with Gasteiger partial charge in [-0.15, -0.1) is 0 Å². The van der Waals surface area contributed by atoms with Crippen molar-refractivity contribution in [1.29, 1.82) is 0 Å². The Bertz CT molecular complexity index is 882. The van der Waals surface area contributed by atoms with Crippen molar-refractivity contribution >= 4 is 12.0 Å². The first-order chi connectivity index (χ1) is 12.2. The topological polar surface area (TPSA) is 108 Å². The van der Waals surface area contributed by atoms with Crippen LogP contribution in [0.2, 0.25) is 0 Å². The van der Waals surface area contributed by atoms with Gasteiger partial charge in [0.15, 0.2) is 23.9 Å². The van der Waals surface area contributed by atoms with Gasteiger partial charge in [0.1, 0.15) is 0 Å². The van der Waals surface area contributed by atoms with Crippen LogP contribution in [-0.4, -0.2) is 28.3 Å². The van der Waals surface area contributed by atoms with E-state index in [1.54, 1.807) is 30.3 Å². The lowest BCUT2D eigenvalue weighted by Crippen LogP contribution is -1.99. The molecule has 128 valence electrons. The number of ether oxygens (including phenoxy) is 2. The first-order valence-electron chi connectivity index (χ1n) is 7.24. The van der Waals surface area contributed by atoms with Crippen molar-refractivity contribution in [2.45, 2.75) is 6.61 Å². The fraction of sp³-hybridized carbons (Fsp3) is 0.118. The number of hydrogen-bond acceptors (Lipinski definition) is 7. The second-order valence-electron chi connectivity index (χ2n) is 4.86. The number of benzene rings is 1. The zero-order chi connectivity index (χ0) is 17.6. The molecule has 0 radical (unpaired) electrons. The third-order valence-electron chi connectivity index (χ3n) is 3.16. The molecule has 0 aliphatic heterocycles. The van der Waals surface area contributed by atoms with E-state index in [-0.39, 0.29) is 12.5 Å². The number of hydrogen-bond donors (Lipinski definition) is 1. The highest BCUT2D eigenvalue weighted by Crippen LogP contribution is 2.29. The smallest absolute Gasteiger partial charge is 0.328 e. The molecule has 1 N–H and O–H groups in total. The van der Waals surface area contributed by atoms with Crippen LogP contribution in [0.25, 0.3) is 17.7 Å². The maximum atomic E-state index is 10.6. The Hall–Kier alpha value is -3.55. The number of carboxylic acids is 1. The zero-order valence-corrected chi connectivity index (χ0v) is 13.2. The summed E-state index contributed by atoms with van der Waals surface area (Å²) in [6, 6.07) is 8.49. The number of aliphatic carboxylic acids is 1. The van der Waals surface area contributed by atoms with E-state index in [0.29, 0.717) is 28.6 Å². The van der Waals surface area contributed by atoms with Crippen molar-refractivity contribution in [3.8, 4) is 23.1 Å². The summed E-state index contributed by atoms with van der Waals surface area (Å²) in [6.07, 6.45) is 4.02. The Kier molecular flexibility index (Phi) is 4.79. The Morgan fingerprint density at radius 2 is 2.20 bits per heavy atom. The predicted octanol–water partition coefficient (Wildman–Crippen LogP) is 3.02. The van der Waals surface area contributed by atoms with Crippen molar-refractivity contribution in [3.05, 3.63) is 54.1 Å². The largest absolute Gasteiger partial charge is 0.493 e. The Morgan fingerprint density at radius 3 is 2.92 bits per heavy atom. The molecule has 0 aliphatic carbocycles. The minimum absolute atomic E-state index is 0.0743. The summed E-state index contributed by atoms with van der Waals surface area (Å²) in [7, 11) is 1.50. The molecule has 3 rings (SSSR count). The van der Waals surface area contributed by atoms with Gasteiger partial charge in [-0.25, -0.2) is 4.79 Å². The maximum Gasteiger partial charge on any atom is 0.328 e. The molecule has 0 spiro atoms. The standard InChI is InChI=1S/C17H14N2O6/c1-22-14-9-11(5-7-16(20)21)4-6-12(14)24-10-15-18-17(25-19-15)13-3-2-8-23-13/h2-9H,10H2,1H3,(H,20,21)/b7-5-. The molecule has 8 nitrogen and oxygen atoms in total. The average molecular weight is 342 g/mol. The van der Waals surface area contributed by atoms with Crippen LogP contribution in [0.5, 0.6) is 11.5 Å². The van der Waals surface area contributed by atoms with Gasteiger partial charge in [0.2, 0.25) is 5.82 Å². The van der Waals surface area contributed by atoms with Crippen molar-refractivity contribution in [2.24, 2.45) is 0 Å². The Balaban J connectivity index is 1.69. The molecule has 25 heavy (non-hydrogen) atoms. The van der Waals surface area contributed by atoms with E-state index >= 15 is 0 Å². The van der Waals surface area contributed by atoms with Crippen LogP contribution in [0.3, 0.4) is 0 Å². The van der Waals surface area contributed by atoms with Gasteiger partial charge in [-0.2, -0.15) is 4.98 Å². The SMILES string of the molecule is COc1cc(/C=C\C(=O)O)ccc1OCc1noc(-c2ccco2)n1. The first kappa shape index (κ1) is 16.3. The van der Waals surface area contributed by atoms with E-state index in [0.717, 1.165) is 6.08 Å². The Labute approximate surface area is 142 Å². The molecule has 3 aromatic rings. The van der Waals surface area contributed by atoms with E-state index in [4.69, 9.17) is 23.5 Å². The molecule has 0 unspecified atom stereocenters. The molecule has 0 bridgehead atoms. The van der Waals surface area contributed by atoms with Gasteiger partial charge in [0, 0.05) is 6.08 Å². The van der Waals surface area contributed by atoms with E-state index in [1.165, 1.54) is 19.4 Å². The average Bonchev–Trinajstić information content (AvgIpc) is 3.29. The normalized spacial score (nSPS) is 10.9. The molecule has 1 aromatic carbocycles. The number of nitrogens with zero attached hydrogens (tertiary/aromatic N) is 2. The number of furan rings is 1. The summed E-state index contributed by atoms with van der Waals surface area (Å²) in [5.74, 6) is 1.00. The van der Waals surface area contributed by atoms with Crippen molar-refractivity contribution in [2.75, 3.05) is 7.11 Å². The number of rotatable bonds is 7. The molecule has 0 atom stereocenters. The monoisotopic (exact) mass is 342 g/mol. The summed E-state index contributed by atoms with van der Waals surface area (Å²) < 4.78 is 21.2. The lowest BCUT2D eigenvalue weighted by Gasteiger charge is -2.09. The number of aromatic nitrogens is 2. The van der Waals surface area contributed by atoms with E-state index in [9.17, 15) is 4.79 Å².